The normalized spacial score (nSPS) is 14.7. The SMILES string of the molecule is CCOc1cc(C/C(C#N)=C/N2CCOCC2)cc(OCC)c1C(=O)O. The van der Waals surface area contributed by atoms with Gasteiger partial charge in [0.1, 0.15) is 17.1 Å². The van der Waals surface area contributed by atoms with Crippen molar-refractivity contribution in [1.29, 1.82) is 5.26 Å². The van der Waals surface area contributed by atoms with E-state index in [0.29, 0.717) is 38.4 Å². The minimum atomic E-state index is -1.10. The Morgan fingerprint density at radius 1 is 1.27 bits per heavy atom. The van der Waals surface area contributed by atoms with Crippen LogP contribution in [-0.4, -0.2) is 55.5 Å². The van der Waals surface area contributed by atoms with Crippen LogP contribution in [0.25, 0.3) is 0 Å². The van der Waals surface area contributed by atoms with E-state index in [4.69, 9.17) is 14.2 Å². The van der Waals surface area contributed by atoms with E-state index in [0.717, 1.165) is 18.7 Å². The van der Waals surface area contributed by atoms with Crippen LogP contribution in [0.3, 0.4) is 0 Å². The Hall–Kier alpha value is -2.72. The first-order valence-electron chi connectivity index (χ1n) is 8.67. The number of nitrogens with zero attached hydrogens (tertiary/aromatic N) is 2. The molecule has 1 aromatic carbocycles. The Morgan fingerprint density at radius 2 is 1.85 bits per heavy atom. The number of hydrogen-bond donors (Lipinski definition) is 1. The van der Waals surface area contributed by atoms with Crippen molar-refractivity contribution in [2.75, 3.05) is 39.5 Å². The zero-order chi connectivity index (χ0) is 18.9. The number of rotatable bonds is 8. The van der Waals surface area contributed by atoms with Crippen LogP contribution in [0.15, 0.2) is 23.9 Å². The Labute approximate surface area is 153 Å². The number of carbonyl (C=O) groups is 1. The highest BCUT2D eigenvalue weighted by Crippen LogP contribution is 2.32. The van der Waals surface area contributed by atoms with Crippen molar-refractivity contribution in [3.05, 3.63) is 35.0 Å². The summed E-state index contributed by atoms with van der Waals surface area (Å²) >= 11 is 0. The third-order valence-corrected chi connectivity index (χ3v) is 3.86. The number of carboxylic acids is 1. The van der Waals surface area contributed by atoms with E-state index < -0.39 is 5.97 Å². The van der Waals surface area contributed by atoms with Crippen LogP contribution in [0.5, 0.6) is 11.5 Å². The summed E-state index contributed by atoms with van der Waals surface area (Å²) in [6.07, 6.45) is 2.21. The molecule has 7 nitrogen and oxygen atoms in total. The van der Waals surface area contributed by atoms with Gasteiger partial charge >= 0.3 is 5.97 Å². The summed E-state index contributed by atoms with van der Waals surface area (Å²) < 4.78 is 16.3. The fourth-order valence-electron chi connectivity index (χ4n) is 2.76. The minimum Gasteiger partial charge on any atom is -0.493 e. The summed E-state index contributed by atoms with van der Waals surface area (Å²) in [6.45, 7) is 7.04. The molecule has 1 heterocycles. The number of morpholine rings is 1. The van der Waals surface area contributed by atoms with E-state index in [9.17, 15) is 15.2 Å². The highest BCUT2D eigenvalue weighted by molar-refractivity contribution is 5.94. The number of ether oxygens (including phenoxy) is 3. The molecule has 0 atom stereocenters. The molecule has 1 aliphatic heterocycles. The van der Waals surface area contributed by atoms with E-state index in [1.54, 1.807) is 26.0 Å². The van der Waals surface area contributed by atoms with Gasteiger partial charge in [0, 0.05) is 31.3 Å². The van der Waals surface area contributed by atoms with Crippen molar-refractivity contribution in [1.82, 2.24) is 4.90 Å². The van der Waals surface area contributed by atoms with E-state index in [-0.39, 0.29) is 17.1 Å². The molecule has 26 heavy (non-hydrogen) atoms. The lowest BCUT2D eigenvalue weighted by molar-refractivity contribution is 0.0591. The Balaban J connectivity index is 2.33. The maximum absolute atomic E-state index is 11.6. The molecular formula is C19H24N2O5. The molecule has 0 aliphatic carbocycles. The molecule has 0 saturated carbocycles. The van der Waals surface area contributed by atoms with Crippen LogP contribution in [0, 0.1) is 11.3 Å². The third kappa shape index (κ3) is 5.14. The van der Waals surface area contributed by atoms with Gasteiger partial charge in [-0.3, -0.25) is 0 Å². The lowest BCUT2D eigenvalue weighted by Gasteiger charge is -2.25. The third-order valence-electron chi connectivity index (χ3n) is 3.86. The standard InChI is InChI=1S/C19H24N2O5/c1-3-25-16-10-14(11-17(26-4-2)18(16)19(22)23)9-15(12-20)13-21-5-7-24-8-6-21/h10-11,13H,3-9H2,1-2H3,(H,22,23)/b15-13-. The van der Waals surface area contributed by atoms with Gasteiger partial charge in [-0.25, -0.2) is 4.79 Å². The topological polar surface area (TPSA) is 92.0 Å². The number of benzene rings is 1. The van der Waals surface area contributed by atoms with Crippen molar-refractivity contribution < 1.29 is 24.1 Å². The fourth-order valence-corrected chi connectivity index (χ4v) is 2.76. The van der Waals surface area contributed by atoms with Crippen LogP contribution in [0.1, 0.15) is 29.8 Å². The summed E-state index contributed by atoms with van der Waals surface area (Å²) in [5, 5.41) is 19.0. The number of allylic oxidation sites excluding steroid dienone is 1. The van der Waals surface area contributed by atoms with Crippen molar-refractivity contribution in [2.45, 2.75) is 20.3 Å². The van der Waals surface area contributed by atoms with Gasteiger partial charge in [-0.15, -0.1) is 0 Å². The second-order valence-electron chi connectivity index (χ2n) is 5.73. The van der Waals surface area contributed by atoms with Gasteiger partial charge in [0.2, 0.25) is 0 Å². The molecule has 7 heteroatoms. The van der Waals surface area contributed by atoms with Gasteiger partial charge in [0.15, 0.2) is 0 Å². The van der Waals surface area contributed by atoms with Crippen LogP contribution >= 0.6 is 0 Å². The predicted octanol–water partition coefficient (Wildman–Crippen LogP) is 2.46. The molecule has 0 unspecified atom stereocenters. The zero-order valence-corrected chi connectivity index (χ0v) is 15.2. The van der Waals surface area contributed by atoms with Crippen molar-refractivity contribution in [3.8, 4) is 17.6 Å². The fraction of sp³-hybridized carbons (Fsp3) is 0.474. The predicted molar refractivity (Wildman–Crippen MR) is 95.5 cm³/mol. The van der Waals surface area contributed by atoms with Crippen LogP contribution in [0.2, 0.25) is 0 Å². The number of carboxylic acid groups (broad SMARTS) is 1. The Bertz CT molecular complexity index is 675. The minimum absolute atomic E-state index is 0.00752. The maximum atomic E-state index is 11.6. The highest BCUT2D eigenvalue weighted by Gasteiger charge is 2.20. The molecule has 2 rings (SSSR count). The molecule has 0 radical (unpaired) electrons. The molecule has 0 amide bonds. The first-order valence-corrected chi connectivity index (χ1v) is 8.67. The van der Waals surface area contributed by atoms with Gasteiger partial charge in [0.05, 0.1) is 32.5 Å². The van der Waals surface area contributed by atoms with E-state index in [1.807, 2.05) is 6.20 Å². The smallest absolute Gasteiger partial charge is 0.343 e. The molecule has 1 fully saturated rings. The summed E-state index contributed by atoms with van der Waals surface area (Å²) in [4.78, 5) is 13.7. The first kappa shape index (κ1) is 19.6. The Morgan fingerprint density at radius 3 is 2.31 bits per heavy atom. The van der Waals surface area contributed by atoms with Crippen molar-refractivity contribution >= 4 is 5.97 Å². The highest BCUT2D eigenvalue weighted by atomic mass is 16.5. The molecule has 1 saturated heterocycles. The molecular weight excluding hydrogens is 336 g/mol. The summed E-state index contributed by atoms with van der Waals surface area (Å²) in [7, 11) is 0. The van der Waals surface area contributed by atoms with Crippen molar-refractivity contribution in [2.24, 2.45) is 0 Å². The van der Waals surface area contributed by atoms with Gasteiger partial charge in [-0.2, -0.15) is 5.26 Å². The molecule has 0 spiro atoms. The summed E-state index contributed by atoms with van der Waals surface area (Å²) in [6, 6.07) is 5.55. The van der Waals surface area contributed by atoms with Gasteiger partial charge < -0.3 is 24.2 Å². The average Bonchev–Trinajstić information content (AvgIpc) is 2.62. The number of aromatic carboxylic acids is 1. The zero-order valence-electron chi connectivity index (χ0n) is 15.2. The first-order chi connectivity index (χ1) is 12.6. The summed E-state index contributed by atoms with van der Waals surface area (Å²) in [5.74, 6) is -0.595. The second kappa shape index (κ2) is 9.68. The van der Waals surface area contributed by atoms with E-state index in [1.165, 1.54) is 0 Å². The molecule has 140 valence electrons. The summed E-state index contributed by atoms with van der Waals surface area (Å²) in [5.41, 5.74) is 1.36. The molecule has 1 aromatic rings. The lowest BCUT2D eigenvalue weighted by atomic mass is 10.0. The van der Waals surface area contributed by atoms with E-state index in [2.05, 4.69) is 11.0 Å². The quantitative estimate of drug-likeness (QED) is 0.712. The monoisotopic (exact) mass is 360 g/mol. The van der Waals surface area contributed by atoms with Gasteiger partial charge in [0.25, 0.3) is 0 Å². The van der Waals surface area contributed by atoms with Crippen LogP contribution in [-0.2, 0) is 11.2 Å². The second-order valence-corrected chi connectivity index (χ2v) is 5.73. The average molecular weight is 360 g/mol. The van der Waals surface area contributed by atoms with Gasteiger partial charge in [-0.05, 0) is 31.5 Å². The van der Waals surface area contributed by atoms with Crippen molar-refractivity contribution in [3.63, 3.8) is 0 Å². The number of hydrogen-bond acceptors (Lipinski definition) is 6. The molecule has 1 N–H and O–H groups in total. The maximum Gasteiger partial charge on any atom is 0.343 e. The van der Waals surface area contributed by atoms with Crippen LogP contribution in [0.4, 0.5) is 0 Å². The molecule has 0 aromatic heterocycles. The molecule has 0 bridgehead atoms. The van der Waals surface area contributed by atoms with Gasteiger partial charge in [-0.1, -0.05) is 0 Å². The van der Waals surface area contributed by atoms with Crippen LogP contribution < -0.4 is 9.47 Å². The molecule has 1 aliphatic rings. The largest absolute Gasteiger partial charge is 0.493 e. The number of nitriles is 1. The van der Waals surface area contributed by atoms with E-state index >= 15 is 0 Å². The lowest BCUT2D eigenvalue weighted by Crippen LogP contribution is -2.32. The Kier molecular flexibility index (Phi) is 7.30.